The summed E-state index contributed by atoms with van der Waals surface area (Å²) < 4.78 is 14.3. The number of rotatable bonds is 2. The zero-order valence-electron chi connectivity index (χ0n) is 7.88. The molecule has 2 aromatic rings. The van der Waals surface area contributed by atoms with Crippen LogP contribution in [-0.2, 0) is 0 Å². The van der Waals surface area contributed by atoms with Crippen molar-refractivity contribution in [1.82, 2.24) is 0 Å². The van der Waals surface area contributed by atoms with Crippen LogP contribution in [0.15, 0.2) is 30.3 Å². The Hall–Kier alpha value is -0.0900. The van der Waals surface area contributed by atoms with Crippen molar-refractivity contribution in [2.24, 2.45) is 0 Å². The molecule has 84 valence electrons. The van der Waals surface area contributed by atoms with Crippen LogP contribution in [0.4, 0.5) is 4.39 Å². The topological polar surface area (TPSA) is 0 Å². The minimum Gasteiger partial charge on any atom is -0.207 e. The first kappa shape index (κ1) is 12.4. The van der Waals surface area contributed by atoms with Gasteiger partial charge in [-0.15, -0.1) is 11.3 Å². The summed E-state index contributed by atoms with van der Waals surface area (Å²) in [6.07, 6.45) is 0. The highest BCUT2D eigenvalue weighted by molar-refractivity contribution is 9.09. The molecule has 0 bridgehead atoms. The summed E-state index contributed by atoms with van der Waals surface area (Å²) in [5.74, 6) is -0.320. The van der Waals surface area contributed by atoms with Crippen molar-refractivity contribution in [3.63, 3.8) is 0 Å². The molecule has 0 aliphatic rings. The van der Waals surface area contributed by atoms with Gasteiger partial charge in [0.25, 0.3) is 0 Å². The van der Waals surface area contributed by atoms with E-state index in [0.29, 0.717) is 14.9 Å². The maximum atomic E-state index is 13.7. The molecule has 5 heteroatoms. The van der Waals surface area contributed by atoms with Gasteiger partial charge in [0.1, 0.15) is 5.82 Å². The first-order valence-corrected chi connectivity index (χ1v) is 6.91. The van der Waals surface area contributed by atoms with E-state index in [4.69, 9.17) is 23.2 Å². The summed E-state index contributed by atoms with van der Waals surface area (Å²) in [5.41, 5.74) is 0.447. The highest BCUT2D eigenvalue weighted by Crippen LogP contribution is 2.40. The number of hydrogen-bond donors (Lipinski definition) is 0. The summed E-state index contributed by atoms with van der Waals surface area (Å²) in [6.45, 7) is 0. The van der Waals surface area contributed by atoms with Gasteiger partial charge in [-0.25, -0.2) is 4.39 Å². The first-order chi connectivity index (χ1) is 7.59. The van der Waals surface area contributed by atoms with E-state index in [2.05, 4.69) is 15.9 Å². The Balaban J connectivity index is 2.45. The van der Waals surface area contributed by atoms with Crippen molar-refractivity contribution in [3.05, 3.63) is 55.9 Å². The van der Waals surface area contributed by atoms with Crippen LogP contribution in [-0.4, -0.2) is 0 Å². The van der Waals surface area contributed by atoms with E-state index in [9.17, 15) is 4.39 Å². The van der Waals surface area contributed by atoms with E-state index in [1.807, 2.05) is 6.07 Å². The molecule has 0 spiro atoms. The smallest absolute Gasteiger partial charge is 0.129 e. The van der Waals surface area contributed by atoms with Crippen LogP contribution in [0.2, 0.25) is 9.36 Å². The quantitative estimate of drug-likeness (QED) is 0.617. The molecule has 0 aliphatic carbocycles. The van der Waals surface area contributed by atoms with Crippen molar-refractivity contribution in [2.75, 3.05) is 0 Å². The third-order valence-electron chi connectivity index (χ3n) is 2.10. The third kappa shape index (κ3) is 2.43. The number of hydrogen-bond acceptors (Lipinski definition) is 1. The van der Waals surface area contributed by atoms with Crippen LogP contribution in [0, 0.1) is 5.82 Å². The summed E-state index contributed by atoms with van der Waals surface area (Å²) in [4.78, 5) is 0.663. The van der Waals surface area contributed by atoms with Crippen molar-refractivity contribution >= 4 is 50.5 Å². The maximum absolute atomic E-state index is 13.7. The van der Waals surface area contributed by atoms with Crippen LogP contribution in [0.1, 0.15) is 15.3 Å². The minimum atomic E-state index is -0.320. The van der Waals surface area contributed by atoms with Gasteiger partial charge in [-0.05, 0) is 24.3 Å². The van der Waals surface area contributed by atoms with Gasteiger partial charge in [-0.3, -0.25) is 0 Å². The van der Waals surface area contributed by atoms with Gasteiger partial charge in [0.15, 0.2) is 0 Å². The Morgan fingerprint density at radius 1 is 1.19 bits per heavy atom. The summed E-state index contributed by atoms with van der Waals surface area (Å²) >= 11 is 16.7. The Morgan fingerprint density at radius 3 is 2.50 bits per heavy atom. The molecule has 16 heavy (non-hydrogen) atoms. The average Bonchev–Trinajstić information content (AvgIpc) is 2.64. The molecule has 1 atom stereocenters. The fourth-order valence-electron chi connectivity index (χ4n) is 1.36. The van der Waals surface area contributed by atoms with Crippen molar-refractivity contribution < 1.29 is 4.39 Å². The van der Waals surface area contributed by atoms with Gasteiger partial charge in [0.05, 0.1) is 9.16 Å². The SMILES string of the molecule is Fc1cccc(Cl)c1C(Br)c1ccc(Cl)s1. The molecule has 0 saturated heterocycles. The minimum absolute atomic E-state index is 0.265. The Bertz CT molecular complexity index is 492. The van der Waals surface area contributed by atoms with Gasteiger partial charge in [-0.2, -0.15) is 0 Å². The molecule has 0 N–H and O–H groups in total. The monoisotopic (exact) mass is 338 g/mol. The largest absolute Gasteiger partial charge is 0.207 e. The van der Waals surface area contributed by atoms with Crippen LogP contribution in [0.3, 0.4) is 0 Å². The molecule has 0 nitrogen and oxygen atoms in total. The predicted octanol–water partition coefficient (Wildman–Crippen LogP) is 5.68. The second kappa shape index (κ2) is 5.05. The fraction of sp³-hybridized carbons (Fsp3) is 0.0909. The number of thiophene rings is 1. The predicted molar refractivity (Wildman–Crippen MR) is 71.5 cm³/mol. The molecule has 1 unspecified atom stereocenters. The van der Waals surface area contributed by atoms with Crippen LogP contribution < -0.4 is 0 Å². The van der Waals surface area contributed by atoms with Crippen molar-refractivity contribution in [1.29, 1.82) is 0 Å². The molecule has 0 amide bonds. The molecular weight excluding hydrogens is 334 g/mol. The normalized spacial score (nSPS) is 12.8. The third-order valence-corrected chi connectivity index (χ3v) is 4.98. The van der Waals surface area contributed by atoms with Crippen molar-refractivity contribution in [3.8, 4) is 0 Å². The van der Waals surface area contributed by atoms with E-state index >= 15 is 0 Å². The molecule has 0 aliphatic heterocycles. The van der Waals surface area contributed by atoms with Gasteiger partial charge >= 0.3 is 0 Å². The molecular formula is C11H6BrCl2FS. The standard InChI is InChI=1S/C11H6BrCl2FS/c12-11(8-4-5-9(14)16-8)10-6(13)2-1-3-7(10)15/h1-5,11H. The zero-order valence-corrected chi connectivity index (χ0v) is 11.8. The molecule has 1 aromatic carbocycles. The highest BCUT2D eigenvalue weighted by Gasteiger charge is 2.19. The molecule has 0 saturated carbocycles. The zero-order chi connectivity index (χ0) is 11.7. The molecule has 0 fully saturated rings. The van der Waals surface area contributed by atoms with Gasteiger partial charge < -0.3 is 0 Å². The second-order valence-electron chi connectivity index (χ2n) is 3.14. The van der Waals surface area contributed by atoms with Crippen molar-refractivity contribution in [2.45, 2.75) is 4.83 Å². The number of alkyl halides is 1. The number of halogens is 4. The Morgan fingerprint density at radius 2 is 1.94 bits per heavy atom. The molecule has 0 radical (unpaired) electrons. The van der Waals surface area contributed by atoms with Gasteiger partial charge in [-0.1, -0.05) is 45.2 Å². The lowest BCUT2D eigenvalue weighted by Crippen LogP contribution is -1.95. The van der Waals surface area contributed by atoms with Gasteiger partial charge in [0, 0.05) is 15.5 Å². The maximum Gasteiger partial charge on any atom is 0.129 e. The lowest BCUT2D eigenvalue weighted by atomic mass is 10.1. The van der Waals surface area contributed by atoms with Crippen LogP contribution in [0.5, 0.6) is 0 Å². The van der Waals surface area contributed by atoms with E-state index in [0.717, 1.165) is 4.88 Å². The second-order valence-corrected chi connectivity index (χ2v) is 6.21. The summed E-state index contributed by atoms with van der Waals surface area (Å²) in [5, 5.41) is 0.409. The van der Waals surface area contributed by atoms with Gasteiger partial charge in [0.2, 0.25) is 0 Å². The molecule has 1 aromatic heterocycles. The Kier molecular flexibility index (Phi) is 3.90. The molecule has 2 rings (SSSR count). The van der Waals surface area contributed by atoms with E-state index in [-0.39, 0.29) is 10.6 Å². The summed E-state index contributed by atoms with van der Waals surface area (Å²) in [7, 11) is 0. The van der Waals surface area contributed by atoms with E-state index in [1.165, 1.54) is 17.4 Å². The Labute approximate surface area is 115 Å². The fourth-order valence-corrected chi connectivity index (χ4v) is 3.71. The van der Waals surface area contributed by atoms with Crippen LogP contribution in [0.25, 0.3) is 0 Å². The first-order valence-electron chi connectivity index (χ1n) is 4.43. The highest BCUT2D eigenvalue weighted by atomic mass is 79.9. The molecule has 1 heterocycles. The summed E-state index contributed by atoms with van der Waals surface area (Å²) in [6, 6.07) is 8.29. The van der Waals surface area contributed by atoms with E-state index in [1.54, 1.807) is 18.2 Å². The van der Waals surface area contributed by atoms with E-state index < -0.39 is 0 Å². The number of benzene rings is 1. The van der Waals surface area contributed by atoms with Crippen LogP contribution >= 0.6 is 50.5 Å². The lowest BCUT2D eigenvalue weighted by Gasteiger charge is -2.11. The average molecular weight is 340 g/mol. The lowest BCUT2D eigenvalue weighted by molar-refractivity contribution is 0.614.